The predicted molar refractivity (Wildman–Crippen MR) is 65.5 cm³/mol. The highest BCUT2D eigenvalue weighted by Crippen LogP contribution is 2.16. The lowest BCUT2D eigenvalue weighted by molar-refractivity contribution is 0.103. The molecule has 0 aliphatic rings. The van der Waals surface area contributed by atoms with E-state index in [-0.39, 0.29) is 0 Å². The van der Waals surface area contributed by atoms with Gasteiger partial charge in [-0.2, -0.15) is 0 Å². The van der Waals surface area contributed by atoms with E-state index in [1.165, 1.54) is 0 Å². The molecule has 0 saturated heterocycles. The van der Waals surface area contributed by atoms with Gasteiger partial charge in [-0.3, -0.25) is 0 Å². The van der Waals surface area contributed by atoms with Gasteiger partial charge in [0, 0.05) is 12.1 Å². The molecule has 0 radical (unpaired) electrons. The van der Waals surface area contributed by atoms with E-state index in [1.807, 2.05) is 30.3 Å². The molecule has 1 aromatic rings. The summed E-state index contributed by atoms with van der Waals surface area (Å²) in [5.74, 6) is 0.845. The zero-order valence-electron chi connectivity index (χ0n) is 9.52. The predicted octanol–water partition coefficient (Wildman–Crippen LogP) is 2.12. The van der Waals surface area contributed by atoms with Crippen LogP contribution in [0.1, 0.15) is 12.0 Å². The van der Waals surface area contributed by atoms with E-state index in [2.05, 4.69) is 6.58 Å². The highest BCUT2D eigenvalue weighted by atomic mass is 16.5. The molecule has 0 amide bonds. The number of benzene rings is 1. The molecule has 0 fully saturated rings. The van der Waals surface area contributed by atoms with Gasteiger partial charge in [0.25, 0.3) is 0 Å². The maximum Gasteiger partial charge on any atom is 0.123 e. The van der Waals surface area contributed by atoms with E-state index in [0.29, 0.717) is 26.4 Å². The number of rotatable bonds is 8. The fraction of sp³-hybridized carbons (Fsp3) is 0.385. The average Bonchev–Trinajstić information content (AvgIpc) is 2.34. The minimum atomic E-state index is 0.494. The van der Waals surface area contributed by atoms with Gasteiger partial charge in [0.15, 0.2) is 0 Å². The van der Waals surface area contributed by atoms with E-state index >= 15 is 0 Å². The Kier molecular flexibility index (Phi) is 6.30. The van der Waals surface area contributed by atoms with Crippen LogP contribution in [-0.2, 0) is 11.3 Å². The Labute approximate surface area is 96.9 Å². The summed E-state index contributed by atoms with van der Waals surface area (Å²) in [5.41, 5.74) is 6.62. The van der Waals surface area contributed by atoms with Gasteiger partial charge in [-0.25, -0.2) is 0 Å². The van der Waals surface area contributed by atoms with E-state index in [4.69, 9.17) is 15.2 Å². The van der Waals surface area contributed by atoms with Gasteiger partial charge in [-0.1, -0.05) is 24.3 Å². The van der Waals surface area contributed by atoms with Crippen molar-refractivity contribution in [2.24, 2.45) is 5.73 Å². The van der Waals surface area contributed by atoms with Crippen molar-refractivity contribution < 1.29 is 9.47 Å². The molecule has 16 heavy (non-hydrogen) atoms. The monoisotopic (exact) mass is 221 g/mol. The summed E-state index contributed by atoms with van der Waals surface area (Å²) in [6, 6.07) is 7.78. The number of para-hydroxylation sites is 1. The van der Waals surface area contributed by atoms with Gasteiger partial charge in [0.1, 0.15) is 12.4 Å². The molecule has 1 aromatic carbocycles. The highest BCUT2D eigenvalue weighted by molar-refractivity contribution is 5.32. The summed E-state index contributed by atoms with van der Waals surface area (Å²) in [7, 11) is 0. The van der Waals surface area contributed by atoms with E-state index < -0.39 is 0 Å². The summed E-state index contributed by atoms with van der Waals surface area (Å²) in [6.45, 7) is 5.96. The quantitative estimate of drug-likeness (QED) is 0.540. The number of hydrogen-bond acceptors (Lipinski definition) is 3. The van der Waals surface area contributed by atoms with Gasteiger partial charge >= 0.3 is 0 Å². The Bertz CT molecular complexity index is 313. The van der Waals surface area contributed by atoms with Crippen molar-refractivity contribution >= 4 is 0 Å². The summed E-state index contributed by atoms with van der Waals surface area (Å²) >= 11 is 0. The minimum absolute atomic E-state index is 0.494. The molecule has 0 atom stereocenters. The van der Waals surface area contributed by atoms with Gasteiger partial charge in [-0.05, 0) is 12.5 Å². The van der Waals surface area contributed by atoms with Crippen molar-refractivity contribution in [1.82, 2.24) is 0 Å². The summed E-state index contributed by atoms with van der Waals surface area (Å²) < 4.78 is 10.9. The van der Waals surface area contributed by atoms with Gasteiger partial charge < -0.3 is 15.2 Å². The largest absolute Gasteiger partial charge is 0.491 e. The first-order chi connectivity index (χ1) is 7.88. The second-order valence-electron chi connectivity index (χ2n) is 3.35. The topological polar surface area (TPSA) is 44.5 Å². The second kappa shape index (κ2) is 7.91. The Balaban J connectivity index is 2.23. The molecule has 0 aromatic heterocycles. The first-order valence-corrected chi connectivity index (χ1v) is 5.48. The second-order valence-corrected chi connectivity index (χ2v) is 3.35. The van der Waals surface area contributed by atoms with Crippen molar-refractivity contribution in [2.45, 2.75) is 13.0 Å². The van der Waals surface area contributed by atoms with Crippen LogP contribution in [0.25, 0.3) is 0 Å². The molecule has 0 unspecified atom stereocenters. The third-order valence-electron chi connectivity index (χ3n) is 2.14. The minimum Gasteiger partial charge on any atom is -0.491 e. The van der Waals surface area contributed by atoms with Crippen molar-refractivity contribution in [2.75, 3.05) is 19.8 Å². The first-order valence-electron chi connectivity index (χ1n) is 5.48. The van der Waals surface area contributed by atoms with Crippen LogP contribution < -0.4 is 10.5 Å². The Morgan fingerprint density at radius 3 is 2.75 bits per heavy atom. The molecule has 0 heterocycles. The van der Waals surface area contributed by atoms with Gasteiger partial charge in [0.05, 0.1) is 13.2 Å². The van der Waals surface area contributed by atoms with Crippen LogP contribution in [0, 0.1) is 0 Å². The first kappa shape index (κ1) is 12.7. The highest BCUT2D eigenvalue weighted by Gasteiger charge is 1.99. The molecule has 88 valence electrons. The smallest absolute Gasteiger partial charge is 0.123 e. The van der Waals surface area contributed by atoms with Crippen molar-refractivity contribution in [3.8, 4) is 5.75 Å². The lowest BCUT2D eigenvalue weighted by Gasteiger charge is -2.10. The third kappa shape index (κ3) is 4.47. The van der Waals surface area contributed by atoms with Crippen molar-refractivity contribution in [3.63, 3.8) is 0 Å². The van der Waals surface area contributed by atoms with Crippen LogP contribution >= 0.6 is 0 Å². The number of nitrogens with two attached hydrogens (primary N) is 1. The molecular formula is C13H19NO2. The third-order valence-corrected chi connectivity index (χ3v) is 2.14. The van der Waals surface area contributed by atoms with Crippen LogP contribution in [0.3, 0.4) is 0 Å². The van der Waals surface area contributed by atoms with Gasteiger partial charge in [-0.15, -0.1) is 6.58 Å². The normalized spacial score (nSPS) is 10.1. The van der Waals surface area contributed by atoms with E-state index in [9.17, 15) is 0 Å². The summed E-state index contributed by atoms with van der Waals surface area (Å²) in [4.78, 5) is 0. The van der Waals surface area contributed by atoms with E-state index in [1.54, 1.807) is 0 Å². The summed E-state index contributed by atoms with van der Waals surface area (Å²) in [5, 5.41) is 0. The van der Waals surface area contributed by atoms with Crippen LogP contribution in [-0.4, -0.2) is 19.8 Å². The zero-order valence-corrected chi connectivity index (χ0v) is 9.52. The Hall–Kier alpha value is -1.32. The number of hydrogen-bond donors (Lipinski definition) is 1. The van der Waals surface area contributed by atoms with Gasteiger partial charge in [0.2, 0.25) is 0 Å². The van der Waals surface area contributed by atoms with Crippen molar-refractivity contribution in [3.05, 3.63) is 42.5 Å². The van der Waals surface area contributed by atoms with Crippen molar-refractivity contribution in [1.29, 1.82) is 0 Å². The van der Waals surface area contributed by atoms with Crippen LogP contribution in [0.5, 0.6) is 5.75 Å². The van der Waals surface area contributed by atoms with Crippen LogP contribution in [0.15, 0.2) is 36.9 Å². The molecule has 0 bridgehead atoms. The van der Waals surface area contributed by atoms with E-state index in [0.717, 1.165) is 17.7 Å². The fourth-order valence-electron chi connectivity index (χ4n) is 1.29. The molecule has 3 nitrogen and oxygen atoms in total. The maximum atomic E-state index is 5.60. The molecule has 0 aliphatic heterocycles. The molecule has 2 N–H and O–H groups in total. The zero-order chi connectivity index (χ0) is 11.6. The fourth-order valence-corrected chi connectivity index (χ4v) is 1.29. The Morgan fingerprint density at radius 1 is 1.19 bits per heavy atom. The van der Waals surface area contributed by atoms with Crippen LogP contribution in [0.2, 0.25) is 0 Å². The summed E-state index contributed by atoms with van der Waals surface area (Å²) in [6.07, 6.45) is 2.71. The number of ether oxygens (including phenoxy) is 2. The maximum absolute atomic E-state index is 5.60. The molecular weight excluding hydrogens is 202 g/mol. The molecule has 1 rings (SSSR count). The lowest BCUT2D eigenvalue weighted by atomic mass is 10.2. The molecule has 0 spiro atoms. The molecule has 0 aliphatic carbocycles. The molecule has 3 heteroatoms. The standard InChI is InChI=1S/C13H19NO2/c1-2-3-8-15-9-10-16-13-7-5-4-6-12(13)11-14/h2,4-7H,1,3,8-11,14H2. The lowest BCUT2D eigenvalue weighted by Crippen LogP contribution is -2.09. The average molecular weight is 221 g/mol. The SMILES string of the molecule is C=CCCOCCOc1ccccc1CN. The molecule has 0 saturated carbocycles. The Morgan fingerprint density at radius 2 is 2.00 bits per heavy atom. The van der Waals surface area contributed by atoms with Crippen LogP contribution in [0.4, 0.5) is 0 Å².